The SMILES string of the molecule is Nc1ccc(NC(=O)CCn2nc3ccccn3c2=O)cc1. The fourth-order valence-corrected chi connectivity index (χ4v) is 2.11. The third kappa shape index (κ3) is 2.83. The van der Waals surface area contributed by atoms with Gasteiger partial charge in [-0.3, -0.25) is 9.20 Å². The monoisotopic (exact) mass is 297 g/mol. The second-order valence-corrected chi connectivity index (χ2v) is 4.85. The van der Waals surface area contributed by atoms with E-state index in [0.29, 0.717) is 17.0 Å². The summed E-state index contributed by atoms with van der Waals surface area (Å²) in [5, 5.41) is 6.92. The van der Waals surface area contributed by atoms with Gasteiger partial charge in [-0.25, -0.2) is 9.48 Å². The number of benzene rings is 1. The first kappa shape index (κ1) is 13.9. The third-order valence-electron chi connectivity index (χ3n) is 3.23. The highest BCUT2D eigenvalue weighted by Gasteiger charge is 2.08. The maximum atomic E-state index is 12.1. The molecule has 0 radical (unpaired) electrons. The summed E-state index contributed by atoms with van der Waals surface area (Å²) in [6.45, 7) is 0.224. The van der Waals surface area contributed by atoms with Crippen LogP contribution in [-0.2, 0) is 11.3 Å². The lowest BCUT2D eigenvalue weighted by molar-refractivity contribution is -0.116. The Morgan fingerprint density at radius 2 is 1.95 bits per heavy atom. The molecule has 0 aliphatic heterocycles. The number of rotatable bonds is 4. The molecule has 0 bridgehead atoms. The van der Waals surface area contributed by atoms with Gasteiger partial charge in [0.2, 0.25) is 5.91 Å². The van der Waals surface area contributed by atoms with Crippen molar-refractivity contribution >= 4 is 22.9 Å². The van der Waals surface area contributed by atoms with E-state index in [1.807, 2.05) is 0 Å². The average molecular weight is 297 g/mol. The predicted octanol–water partition coefficient (Wildman–Crippen LogP) is 1.11. The van der Waals surface area contributed by atoms with Crippen molar-refractivity contribution in [3.05, 3.63) is 59.1 Å². The summed E-state index contributed by atoms with van der Waals surface area (Å²) in [5.41, 5.74) is 7.19. The van der Waals surface area contributed by atoms with Crippen molar-refractivity contribution in [3.63, 3.8) is 0 Å². The quantitative estimate of drug-likeness (QED) is 0.705. The Hall–Kier alpha value is -3.09. The molecule has 0 aliphatic rings. The molecule has 0 spiro atoms. The number of anilines is 2. The van der Waals surface area contributed by atoms with Gasteiger partial charge in [0, 0.05) is 24.0 Å². The standard InChI is InChI=1S/C15H15N5O2/c16-11-4-6-12(7-5-11)17-14(21)8-10-20-15(22)19-9-2-1-3-13(19)18-20/h1-7,9H,8,10,16H2,(H,17,21). The highest BCUT2D eigenvalue weighted by Crippen LogP contribution is 2.10. The second-order valence-electron chi connectivity index (χ2n) is 4.85. The van der Waals surface area contributed by atoms with Crippen LogP contribution in [0.25, 0.3) is 5.65 Å². The molecule has 3 rings (SSSR count). The van der Waals surface area contributed by atoms with E-state index in [4.69, 9.17) is 5.73 Å². The molecule has 1 amide bonds. The number of pyridine rings is 1. The van der Waals surface area contributed by atoms with Crippen molar-refractivity contribution < 1.29 is 4.79 Å². The van der Waals surface area contributed by atoms with Crippen molar-refractivity contribution in [3.8, 4) is 0 Å². The number of fused-ring (bicyclic) bond motifs is 1. The van der Waals surface area contributed by atoms with Gasteiger partial charge in [-0.2, -0.15) is 0 Å². The van der Waals surface area contributed by atoms with Crippen LogP contribution in [0, 0.1) is 0 Å². The van der Waals surface area contributed by atoms with Gasteiger partial charge in [0.25, 0.3) is 0 Å². The summed E-state index contributed by atoms with van der Waals surface area (Å²) >= 11 is 0. The van der Waals surface area contributed by atoms with Crippen LogP contribution in [0.2, 0.25) is 0 Å². The fraction of sp³-hybridized carbons (Fsp3) is 0.133. The second kappa shape index (κ2) is 5.72. The van der Waals surface area contributed by atoms with E-state index < -0.39 is 0 Å². The topological polar surface area (TPSA) is 94.4 Å². The molecular weight excluding hydrogens is 282 g/mol. The summed E-state index contributed by atoms with van der Waals surface area (Å²) in [7, 11) is 0. The molecule has 3 N–H and O–H groups in total. The molecule has 0 unspecified atom stereocenters. The number of carbonyl (C=O) groups is 1. The van der Waals surface area contributed by atoms with E-state index in [1.165, 1.54) is 9.08 Å². The normalized spacial score (nSPS) is 10.7. The van der Waals surface area contributed by atoms with Crippen molar-refractivity contribution in [1.82, 2.24) is 14.2 Å². The largest absolute Gasteiger partial charge is 0.399 e. The molecule has 3 aromatic rings. The molecule has 7 nitrogen and oxygen atoms in total. The van der Waals surface area contributed by atoms with Gasteiger partial charge in [0.1, 0.15) is 0 Å². The maximum Gasteiger partial charge on any atom is 0.350 e. The maximum absolute atomic E-state index is 12.1. The van der Waals surface area contributed by atoms with E-state index in [2.05, 4.69) is 10.4 Å². The molecular formula is C15H15N5O2. The van der Waals surface area contributed by atoms with Gasteiger partial charge in [-0.1, -0.05) is 6.07 Å². The summed E-state index contributed by atoms with van der Waals surface area (Å²) < 4.78 is 2.73. The Morgan fingerprint density at radius 1 is 1.18 bits per heavy atom. The van der Waals surface area contributed by atoms with E-state index >= 15 is 0 Å². The van der Waals surface area contributed by atoms with Crippen LogP contribution in [0.4, 0.5) is 11.4 Å². The number of nitrogens with zero attached hydrogens (tertiary/aromatic N) is 3. The molecule has 112 valence electrons. The first-order valence-corrected chi connectivity index (χ1v) is 6.83. The van der Waals surface area contributed by atoms with Crippen LogP contribution >= 0.6 is 0 Å². The zero-order chi connectivity index (χ0) is 15.5. The Labute approximate surface area is 126 Å². The van der Waals surface area contributed by atoms with Crippen molar-refractivity contribution in [2.24, 2.45) is 0 Å². The van der Waals surface area contributed by atoms with Crippen LogP contribution in [0.15, 0.2) is 53.5 Å². The van der Waals surface area contributed by atoms with Gasteiger partial charge >= 0.3 is 5.69 Å². The Balaban J connectivity index is 1.66. The molecule has 22 heavy (non-hydrogen) atoms. The number of nitrogens with two attached hydrogens (primary N) is 1. The van der Waals surface area contributed by atoms with Crippen LogP contribution in [0.3, 0.4) is 0 Å². The number of nitrogens with one attached hydrogen (secondary N) is 1. The minimum atomic E-state index is -0.254. The van der Waals surface area contributed by atoms with Crippen LogP contribution in [0.5, 0.6) is 0 Å². The lowest BCUT2D eigenvalue weighted by atomic mass is 10.3. The number of aryl methyl sites for hydroxylation is 1. The molecule has 2 aromatic heterocycles. The van der Waals surface area contributed by atoms with Gasteiger partial charge in [-0.15, -0.1) is 5.10 Å². The van der Waals surface area contributed by atoms with Crippen molar-refractivity contribution in [2.45, 2.75) is 13.0 Å². The predicted molar refractivity (Wildman–Crippen MR) is 83.6 cm³/mol. The molecule has 0 aliphatic carbocycles. The number of amides is 1. The first-order valence-electron chi connectivity index (χ1n) is 6.83. The zero-order valence-corrected chi connectivity index (χ0v) is 11.8. The highest BCUT2D eigenvalue weighted by molar-refractivity contribution is 5.90. The molecule has 0 saturated carbocycles. The van der Waals surface area contributed by atoms with E-state index in [1.54, 1.807) is 48.7 Å². The van der Waals surface area contributed by atoms with E-state index in [-0.39, 0.29) is 24.6 Å². The van der Waals surface area contributed by atoms with Gasteiger partial charge < -0.3 is 11.1 Å². The summed E-state index contributed by atoms with van der Waals surface area (Å²) in [4.78, 5) is 24.0. The molecule has 2 heterocycles. The molecule has 1 aromatic carbocycles. The average Bonchev–Trinajstić information content (AvgIpc) is 2.84. The number of hydrogen-bond donors (Lipinski definition) is 2. The molecule has 7 heteroatoms. The van der Waals surface area contributed by atoms with Crippen LogP contribution in [0.1, 0.15) is 6.42 Å². The fourth-order valence-electron chi connectivity index (χ4n) is 2.11. The van der Waals surface area contributed by atoms with Gasteiger partial charge in [0.15, 0.2) is 5.65 Å². The number of nitrogen functional groups attached to an aromatic ring is 1. The van der Waals surface area contributed by atoms with Crippen LogP contribution < -0.4 is 16.7 Å². The lowest BCUT2D eigenvalue weighted by Crippen LogP contribution is -2.24. The van der Waals surface area contributed by atoms with Crippen molar-refractivity contribution in [2.75, 3.05) is 11.1 Å². The van der Waals surface area contributed by atoms with Gasteiger partial charge in [-0.05, 0) is 36.4 Å². The first-order chi connectivity index (χ1) is 10.6. The minimum absolute atomic E-state index is 0.161. The van der Waals surface area contributed by atoms with Crippen molar-refractivity contribution in [1.29, 1.82) is 0 Å². The van der Waals surface area contributed by atoms with Crippen LogP contribution in [-0.4, -0.2) is 20.1 Å². The molecule has 0 atom stereocenters. The Morgan fingerprint density at radius 3 is 2.68 bits per heavy atom. The van der Waals surface area contributed by atoms with E-state index in [0.717, 1.165) is 0 Å². The number of carbonyl (C=O) groups excluding carboxylic acids is 1. The van der Waals surface area contributed by atoms with Gasteiger partial charge in [0.05, 0.1) is 6.54 Å². The number of hydrogen-bond acceptors (Lipinski definition) is 4. The zero-order valence-electron chi connectivity index (χ0n) is 11.8. The smallest absolute Gasteiger partial charge is 0.350 e. The lowest BCUT2D eigenvalue weighted by Gasteiger charge is -2.05. The number of aromatic nitrogens is 3. The summed E-state index contributed by atoms with van der Waals surface area (Å²) in [5.74, 6) is -0.186. The minimum Gasteiger partial charge on any atom is -0.399 e. The van der Waals surface area contributed by atoms with E-state index in [9.17, 15) is 9.59 Å². The third-order valence-corrected chi connectivity index (χ3v) is 3.23. The Bertz CT molecular complexity index is 864. The molecule has 0 fully saturated rings. The summed E-state index contributed by atoms with van der Waals surface area (Å²) in [6, 6.07) is 12.2. The summed E-state index contributed by atoms with van der Waals surface area (Å²) in [6.07, 6.45) is 1.81. The Kier molecular flexibility index (Phi) is 3.61. The highest BCUT2D eigenvalue weighted by atomic mass is 16.2. The molecule has 0 saturated heterocycles.